The quantitative estimate of drug-likeness (QED) is 0.451. The van der Waals surface area contributed by atoms with Crippen molar-refractivity contribution in [3.63, 3.8) is 0 Å². The van der Waals surface area contributed by atoms with Gasteiger partial charge in [-0.3, -0.25) is 9.59 Å². The largest absolute Gasteiger partial charge is 0.379 e. The van der Waals surface area contributed by atoms with Crippen molar-refractivity contribution in [1.82, 2.24) is 0 Å². The van der Waals surface area contributed by atoms with Crippen LogP contribution in [0.5, 0.6) is 0 Å². The number of hydrogen-bond acceptors (Lipinski definition) is 5. The van der Waals surface area contributed by atoms with Gasteiger partial charge in [0.1, 0.15) is 0 Å². The van der Waals surface area contributed by atoms with Crippen molar-refractivity contribution in [3.8, 4) is 0 Å². The van der Waals surface area contributed by atoms with Crippen LogP contribution in [0.2, 0.25) is 0 Å². The van der Waals surface area contributed by atoms with Gasteiger partial charge in [-0.1, -0.05) is 0 Å². The summed E-state index contributed by atoms with van der Waals surface area (Å²) in [5.41, 5.74) is 5.32. The Morgan fingerprint density at radius 1 is 1.29 bits per heavy atom. The summed E-state index contributed by atoms with van der Waals surface area (Å²) < 4.78 is 5.09. The van der Waals surface area contributed by atoms with Crippen LogP contribution in [-0.2, 0) is 4.74 Å². The maximum atomic E-state index is 11.0. The van der Waals surface area contributed by atoms with E-state index in [1.807, 2.05) is 0 Å². The lowest BCUT2D eigenvalue weighted by molar-refractivity contribution is 0.151. The lowest BCUT2D eigenvalue weighted by Crippen LogP contribution is -2.37. The van der Waals surface area contributed by atoms with Gasteiger partial charge in [0.25, 0.3) is 0 Å². The van der Waals surface area contributed by atoms with Crippen LogP contribution in [0.25, 0.3) is 0 Å². The zero-order valence-corrected chi connectivity index (χ0v) is 8.13. The highest BCUT2D eigenvalue weighted by molar-refractivity contribution is 5.55. The minimum Gasteiger partial charge on any atom is -0.379 e. The third-order valence-corrected chi connectivity index (χ3v) is 1.96. The lowest BCUT2D eigenvalue weighted by Gasteiger charge is -2.09. The fraction of sp³-hybridized carbons (Fsp3) is 0.556. The number of ether oxygens (including phenoxy) is 1. The summed E-state index contributed by atoms with van der Waals surface area (Å²) in [6, 6.07) is 0. The van der Waals surface area contributed by atoms with Crippen molar-refractivity contribution < 1.29 is 4.74 Å². The molecule has 1 aromatic rings. The SMILES string of the molecule is Cc1c(NCCOCCN)c(=O)c1=O. The smallest absolute Gasteiger partial charge is 0.249 e. The van der Waals surface area contributed by atoms with Crippen molar-refractivity contribution in [2.24, 2.45) is 5.73 Å². The molecule has 0 aliphatic rings. The van der Waals surface area contributed by atoms with Crippen molar-refractivity contribution in [1.29, 1.82) is 0 Å². The zero-order chi connectivity index (χ0) is 10.6. The van der Waals surface area contributed by atoms with Crippen molar-refractivity contribution >= 4 is 5.69 Å². The molecular formula is C9H14N2O3. The molecule has 78 valence electrons. The lowest BCUT2D eigenvalue weighted by atomic mass is 10.1. The van der Waals surface area contributed by atoms with E-state index in [0.717, 1.165) is 0 Å². The van der Waals surface area contributed by atoms with Crippen molar-refractivity contribution in [3.05, 3.63) is 26.0 Å². The maximum Gasteiger partial charge on any atom is 0.249 e. The normalized spacial score (nSPS) is 10.7. The predicted octanol–water partition coefficient (Wildman–Crippen LogP) is -1.02. The second-order valence-electron chi connectivity index (χ2n) is 2.99. The van der Waals surface area contributed by atoms with E-state index in [1.54, 1.807) is 6.92 Å². The molecular weight excluding hydrogens is 184 g/mol. The minimum atomic E-state index is -0.429. The van der Waals surface area contributed by atoms with E-state index in [9.17, 15) is 9.59 Å². The highest BCUT2D eigenvalue weighted by Gasteiger charge is 2.15. The third-order valence-electron chi connectivity index (χ3n) is 1.96. The monoisotopic (exact) mass is 198 g/mol. The Labute approximate surface area is 81.6 Å². The average Bonchev–Trinajstić information content (AvgIpc) is 2.22. The van der Waals surface area contributed by atoms with E-state index < -0.39 is 10.9 Å². The van der Waals surface area contributed by atoms with Crippen LogP contribution in [-0.4, -0.2) is 26.3 Å². The fourth-order valence-electron chi connectivity index (χ4n) is 1.15. The van der Waals surface area contributed by atoms with E-state index in [1.165, 1.54) is 0 Å². The first-order chi connectivity index (χ1) is 6.68. The molecule has 5 heteroatoms. The van der Waals surface area contributed by atoms with Crippen LogP contribution in [0.4, 0.5) is 5.69 Å². The van der Waals surface area contributed by atoms with Gasteiger partial charge < -0.3 is 15.8 Å². The molecule has 0 amide bonds. The first-order valence-corrected chi connectivity index (χ1v) is 4.50. The van der Waals surface area contributed by atoms with Crippen LogP contribution < -0.4 is 21.9 Å². The van der Waals surface area contributed by atoms with E-state index in [2.05, 4.69) is 5.32 Å². The molecule has 0 saturated heterocycles. The molecule has 0 saturated carbocycles. The number of anilines is 1. The van der Waals surface area contributed by atoms with Crippen molar-refractivity contribution in [2.75, 3.05) is 31.6 Å². The first-order valence-electron chi connectivity index (χ1n) is 4.50. The van der Waals surface area contributed by atoms with Crippen LogP contribution in [0, 0.1) is 6.92 Å². The topological polar surface area (TPSA) is 81.4 Å². The molecule has 3 N–H and O–H groups in total. The van der Waals surface area contributed by atoms with E-state index in [-0.39, 0.29) is 0 Å². The molecule has 0 fully saturated rings. The van der Waals surface area contributed by atoms with Crippen LogP contribution in [0.3, 0.4) is 0 Å². The van der Waals surface area contributed by atoms with Gasteiger partial charge in [0.15, 0.2) is 0 Å². The highest BCUT2D eigenvalue weighted by atomic mass is 16.5. The summed E-state index contributed by atoms with van der Waals surface area (Å²) in [5.74, 6) is 0. The molecule has 5 nitrogen and oxygen atoms in total. The Bertz CT molecular complexity index is 366. The van der Waals surface area contributed by atoms with Gasteiger partial charge in [0.2, 0.25) is 10.9 Å². The number of nitrogens with two attached hydrogens (primary N) is 1. The molecule has 0 aliphatic heterocycles. The van der Waals surface area contributed by atoms with Crippen LogP contribution in [0.15, 0.2) is 9.59 Å². The summed E-state index contributed by atoms with van der Waals surface area (Å²) in [4.78, 5) is 21.8. The molecule has 0 atom stereocenters. The summed E-state index contributed by atoms with van der Waals surface area (Å²) in [7, 11) is 0. The molecule has 0 radical (unpaired) electrons. The van der Waals surface area contributed by atoms with Gasteiger partial charge in [0, 0.05) is 18.7 Å². The standard InChI is InChI=1S/C9H14N2O3/c1-6-7(9(13)8(6)12)11-3-5-14-4-2-10/h11H,2-5,10H2,1H3. The summed E-state index contributed by atoms with van der Waals surface area (Å²) in [6.45, 7) is 3.62. The zero-order valence-electron chi connectivity index (χ0n) is 8.13. The molecule has 0 aromatic heterocycles. The highest BCUT2D eigenvalue weighted by Crippen LogP contribution is 2.03. The van der Waals surface area contributed by atoms with E-state index in [4.69, 9.17) is 10.5 Å². The Morgan fingerprint density at radius 3 is 2.57 bits per heavy atom. The summed E-state index contributed by atoms with van der Waals surface area (Å²) >= 11 is 0. The molecule has 0 aliphatic carbocycles. The van der Waals surface area contributed by atoms with Gasteiger partial charge in [0.05, 0.1) is 18.9 Å². The van der Waals surface area contributed by atoms with E-state index in [0.29, 0.717) is 37.6 Å². The molecule has 0 bridgehead atoms. The second kappa shape index (κ2) is 4.88. The summed E-state index contributed by atoms with van der Waals surface area (Å²) in [6.07, 6.45) is 0. The second-order valence-corrected chi connectivity index (χ2v) is 2.99. The Hall–Kier alpha value is -1.20. The molecule has 14 heavy (non-hydrogen) atoms. The van der Waals surface area contributed by atoms with Gasteiger partial charge >= 0.3 is 0 Å². The van der Waals surface area contributed by atoms with Gasteiger partial charge in [-0.15, -0.1) is 0 Å². The first kappa shape index (κ1) is 10.9. The Balaban J connectivity index is 2.27. The van der Waals surface area contributed by atoms with Crippen molar-refractivity contribution in [2.45, 2.75) is 6.92 Å². The summed E-state index contributed by atoms with van der Waals surface area (Å²) in [5, 5.41) is 2.85. The van der Waals surface area contributed by atoms with Gasteiger partial charge in [-0.05, 0) is 6.92 Å². The predicted molar refractivity (Wildman–Crippen MR) is 54.5 cm³/mol. The maximum absolute atomic E-state index is 11.0. The van der Waals surface area contributed by atoms with Crippen LogP contribution in [0.1, 0.15) is 5.56 Å². The third kappa shape index (κ3) is 2.18. The molecule has 1 aromatic carbocycles. The minimum absolute atomic E-state index is 0.393. The van der Waals surface area contributed by atoms with Gasteiger partial charge in [-0.2, -0.15) is 0 Å². The average molecular weight is 198 g/mol. The molecule has 1 rings (SSSR count). The number of nitrogens with one attached hydrogen (secondary N) is 1. The Kier molecular flexibility index (Phi) is 3.79. The fourth-order valence-corrected chi connectivity index (χ4v) is 1.15. The Morgan fingerprint density at radius 2 is 2.00 bits per heavy atom. The molecule has 0 spiro atoms. The molecule has 0 heterocycles. The molecule has 0 unspecified atom stereocenters. The van der Waals surface area contributed by atoms with Gasteiger partial charge in [-0.25, -0.2) is 0 Å². The number of rotatable bonds is 6. The van der Waals surface area contributed by atoms with Crippen LogP contribution >= 0.6 is 0 Å². The number of hydrogen-bond donors (Lipinski definition) is 2. The van der Waals surface area contributed by atoms with E-state index >= 15 is 0 Å².